The highest BCUT2D eigenvalue weighted by Gasteiger charge is 2.16. The van der Waals surface area contributed by atoms with Crippen molar-refractivity contribution in [1.29, 1.82) is 0 Å². The second-order valence-corrected chi connectivity index (χ2v) is 3.32. The molecule has 0 spiro atoms. The summed E-state index contributed by atoms with van der Waals surface area (Å²) in [5.74, 6) is 1.38. The Morgan fingerprint density at radius 1 is 1.82 bits per heavy atom. The molecule has 0 aromatic rings. The van der Waals surface area contributed by atoms with Gasteiger partial charge in [-0.3, -0.25) is 4.99 Å². The molecule has 64 valence electrons. The highest BCUT2D eigenvalue weighted by molar-refractivity contribution is 5.79. The standard InChI is InChI=1S/C8H17N3/c1-3-6(2)4-7-5-10-8(9)11-7/h6-7H,3-5H2,1-2H3,(H3,9,10,11). The van der Waals surface area contributed by atoms with E-state index in [2.05, 4.69) is 24.2 Å². The normalized spacial score (nSPS) is 26.0. The van der Waals surface area contributed by atoms with Crippen molar-refractivity contribution in [2.24, 2.45) is 16.6 Å². The van der Waals surface area contributed by atoms with E-state index in [0.717, 1.165) is 12.5 Å². The number of guanidine groups is 1. The first-order chi connectivity index (χ1) is 5.22. The molecule has 1 aliphatic heterocycles. The Hall–Kier alpha value is -0.730. The Bertz CT molecular complexity index is 153. The summed E-state index contributed by atoms with van der Waals surface area (Å²) < 4.78 is 0. The zero-order chi connectivity index (χ0) is 8.27. The van der Waals surface area contributed by atoms with Gasteiger partial charge in [0.15, 0.2) is 5.96 Å². The molecular formula is C8H17N3. The first kappa shape index (κ1) is 8.37. The average Bonchev–Trinajstić information content (AvgIpc) is 2.35. The molecule has 0 aromatic heterocycles. The van der Waals surface area contributed by atoms with Gasteiger partial charge in [-0.15, -0.1) is 0 Å². The van der Waals surface area contributed by atoms with Crippen LogP contribution in [0.2, 0.25) is 0 Å². The molecule has 0 bridgehead atoms. The number of nitrogens with two attached hydrogens (primary N) is 1. The summed E-state index contributed by atoms with van der Waals surface area (Å²) in [6.07, 6.45) is 2.42. The SMILES string of the molecule is CCC(C)CC1CN=C(N)N1. The molecule has 3 nitrogen and oxygen atoms in total. The van der Waals surface area contributed by atoms with Crippen molar-refractivity contribution in [3.05, 3.63) is 0 Å². The largest absolute Gasteiger partial charge is 0.370 e. The van der Waals surface area contributed by atoms with Crippen LogP contribution in [0.4, 0.5) is 0 Å². The molecule has 3 N–H and O–H groups in total. The Balaban J connectivity index is 2.20. The number of rotatable bonds is 3. The monoisotopic (exact) mass is 155 g/mol. The molecule has 3 heteroatoms. The van der Waals surface area contributed by atoms with Crippen LogP contribution in [-0.2, 0) is 0 Å². The van der Waals surface area contributed by atoms with Gasteiger partial charge in [0.1, 0.15) is 0 Å². The molecule has 2 atom stereocenters. The first-order valence-electron chi connectivity index (χ1n) is 4.28. The lowest BCUT2D eigenvalue weighted by atomic mass is 10.00. The highest BCUT2D eigenvalue weighted by atomic mass is 15.2. The predicted molar refractivity (Wildman–Crippen MR) is 47.5 cm³/mol. The Morgan fingerprint density at radius 3 is 3.00 bits per heavy atom. The van der Waals surface area contributed by atoms with Crippen molar-refractivity contribution in [2.75, 3.05) is 6.54 Å². The maximum atomic E-state index is 5.48. The van der Waals surface area contributed by atoms with Crippen LogP contribution in [0.1, 0.15) is 26.7 Å². The van der Waals surface area contributed by atoms with Crippen LogP contribution in [0, 0.1) is 5.92 Å². The van der Waals surface area contributed by atoms with E-state index in [9.17, 15) is 0 Å². The van der Waals surface area contributed by atoms with Gasteiger partial charge in [0, 0.05) is 6.04 Å². The molecule has 11 heavy (non-hydrogen) atoms. The third kappa shape index (κ3) is 2.41. The summed E-state index contributed by atoms with van der Waals surface area (Å²) in [7, 11) is 0. The van der Waals surface area contributed by atoms with Crippen molar-refractivity contribution < 1.29 is 0 Å². The molecular weight excluding hydrogens is 138 g/mol. The van der Waals surface area contributed by atoms with E-state index in [1.807, 2.05) is 0 Å². The van der Waals surface area contributed by atoms with Crippen LogP contribution in [-0.4, -0.2) is 18.5 Å². The molecule has 1 heterocycles. The van der Waals surface area contributed by atoms with E-state index >= 15 is 0 Å². The minimum absolute atomic E-state index is 0.491. The van der Waals surface area contributed by atoms with Crippen LogP contribution in [0.25, 0.3) is 0 Å². The van der Waals surface area contributed by atoms with E-state index in [-0.39, 0.29) is 0 Å². The lowest BCUT2D eigenvalue weighted by molar-refractivity contribution is 0.446. The molecule has 0 saturated heterocycles. The zero-order valence-corrected chi connectivity index (χ0v) is 7.30. The lowest BCUT2D eigenvalue weighted by Crippen LogP contribution is -2.35. The summed E-state index contributed by atoms with van der Waals surface area (Å²) in [6, 6.07) is 0.491. The zero-order valence-electron chi connectivity index (χ0n) is 7.30. The highest BCUT2D eigenvalue weighted by Crippen LogP contribution is 2.11. The van der Waals surface area contributed by atoms with E-state index in [4.69, 9.17) is 5.73 Å². The fourth-order valence-electron chi connectivity index (χ4n) is 1.29. The van der Waals surface area contributed by atoms with Gasteiger partial charge in [-0.2, -0.15) is 0 Å². The Labute approximate surface area is 68.1 Å². The van der Waals surface area contributed by atoms with Crippen molar-refractivity contribution in [3.63, 3.8) is 0 Å². The van der Waals surface area contributed by atoms with Crippen molar-refractivity contribution in [3.8, 4) is 0 Å². The van der Waals surface area contributed by atoms with Gasteiger partial charge < -0.3 is 11.1 Å². The molecule has 1 rings (SSSR count). The third-order valence-corrected chi connectivity index (χ3v) is 2.22. The Kier molecular flexibility index (Phi) is 2.74. The van der Waals surface area contributed by atoms with Crippen molar-refractivity contribution in [1.82, 2.24) is 5.32 Å². The van der Waals surface area contributed by atoms with Gasteiger partial charge in [0.05, 0.1) is 6.54 Å². The molecule has 1 aliphatic rings. The van der Waals surface area contributed by atoms with Crippen LogP contribution in [0.5, 0.6) is 0 Å². The summed E-state index contributed by atoms with van der Waals surface area (Å²) in [4.78, 5) is 4.09. The van der Waals surface area contributed by atoms with E-state index < -0.39 is 0 Å². The minimum atomic E-state index is 0.491. The second-order valence-electron chi connectivity index (χ2n) is 3.32. The molecule has 0 saturated carbocycles. The van der Waals surface area contributed by atoms with Gasteiger partial charge in [-0.1, -0.05) is 20.3 Å². The molecule has 2 unspecified atom stereocenters. The predicted octanol–water partition coefficient (Wildman–Crippen LogP) is 0.709. The number of nitrogens with one attached hydrogen (secondary N) is 1. The topological polar surface area (TPSA) is 50.4 Å². The molecule has 0 aromatic carbocycles. The summed E-state index contributed by atoms with van der Waals surface area (Å²) in [5, 5.41) is 3.15. The van der Waals surface area contributed by atoms with Gasteiger partial charge in [0.25, 0.3) is 0 Å². The first-order valence-corrected chi connectivity index (χ1v) is 4.28. The van der Waals surface area contributed by atoms with E-state index in [1.165, 1.54) is 12.8 Å². The molecule has 0 fully saturated rings. The number of nitrogens with zero attached hydrogens (tertiary/aromatic N) is 1. The van der Waals surface area contributed by atoms with Gasteiger partial charge in [-0.05, 0) is 12.3 Å². The van der Waals surface area contributed by atoms with Crippen molar-refractivity contribution >= 4 is 5.96 Å². The van der Waals surface area contributed by atoms with Crippen LogP contribution < -0.4 is 11.1 Å². The summed E-state index contributed by atoms with van der Waals surface area (Å²) in [6.45, 7) is 5.33. The lowest BCUT2D eigenvalue weighted by Gasteiger charge is -2.14. The average molecular weight is 155 g/mol. The van der Waals surface area contributed by atoms with Gasteiger partial charge >= 0.3 is 0 Å². The molecule has 0 aliphatic carbocycles. The van der Waals surface area contributed by atoms with Gasteiger partial charge in [-0.25, -0.2) is 0 Å². The number of hydrogen-bond acceptors (Lipinski definition) is 3. The van der Waals surface area contributed by atoms with Crippen molar-refractivity contribution in [2.45, 2.75) is 32.7 Å². The van der Waals surface area contributed by atoms with E-state index in [1.54, 1.807) is 0 Å². The molecule has 0 amide bonds. The summed E-state index contributed by atoms with van der Waals surface area (Å²) in [5.41, 5.74) is 5.48. The minimum Gasteiger partial charge on any atom is -0.370 e. The molecule has 0 radical (unpaired) electrons. The number of hydrogen-bond donors (Lipinski definition) is 2. The van der Waals surface area contributed by atoms with E-state index in [0.29, 0.717) is 12.0 Å². The second kappa shape index (κ2) is 3.60. The van der Waals surface area contributed by atoms with Crippen LogP contribution in [0.15, 0.2) is 4.99 Å². The smallest absolute Gasteiger partial charge is 0.188 e. The van der Waals surface area contributed by atoms with Crippen LogP contribution in [0.3, 0.4) is 0 Å². The quantitative estimate of drug-likeness (QED) is 0.630. The Morgan fingerprint density at radius 2 is 2.55 bits per heavy atom. The van der Waals surface area contributed by atoms with Crippen LogP contribution >= 0.6 is 0 Å². The maximum absolute atomic E-state index is 5.48. The number of aliphatic imine (C=N–C) groups is 1. The van der Waals surface area contributed by atoms with Gasteiger partial charge in [0.2, 0.25) is 0 Å². The third-order valence-electron chi connectivity index (χ3n) is 2.22. The fraction of sp³-hybridized carbons (Fsp3) is 0.875. The maximum Gasteiger partial charge on any atom is 0.188 e. The summed E-state index contributed by atoms with van der Waals surface area (Å²) >= 11 is 0. The fourth-order valence-corrected chi connectivity index (χ4v) is 1.29.